The molecule has 2 unspecified atom stereocenters. The summed E-state index contributed by atoms with van der Waals surface area (Å²) in [6, 6.07) is 3.45. The number of alkyl halides is 12. The van der Waals surface area contributed by atoms with Crippen LogP contribution in [0.25, 0.3) is 0 Å². The van der Waals surface area contributed by atoms with E-state index in [1.807, 2.05) is 10.6 Å². The van der Waals surface area contributed by atoms with E-state index < -0.39 is 129 Å². The first kappa shape index (κ1) is 74.5. The quantitative estimate of drug-likeness (QED) is 0.0279. The first-order valence-electron chi connectivity index (χ1n) is 23.5. The van der Waals surface area contributed by atoms with Gasteiger partial charge in [-0.2, -0.15) is 56.2 Å². The van der Waals surface area contributed by atoms with Gasteiger partial charge < -0.3 is 39.8 Å². The summed E-state index contributed by atoms with van der Waals surface area (Å²) in [6.07, 6.45) is -9.97. The number of urea groups is 2. The maximum Gasteiger partial charge on any atom is 0.422 e. The molecular weight excluding hydrogens is 1360 g/mol. The minimum atomic E-state index is -4.68. The predicted molar refractivity (Wildman–Crippen MR) is 300 cm³/mol. The van der Waals surface area contributed by atoms with Gasteiger partial charge >= 0.3 is 48.4 Å². The number of aryl methyl sites for hydroxylation is 2. The van der Waals surface area contributed by atoms with Crippen LogP contribution in [0.4, 0.5) is 59.7 Å². The molecule has 2 aromatic carbocycles. The fraction of sp³-hybridized carbons (Fsp3) is 0.442. The van der Waals surface area contributed by atoms with E-state index in [0.29, 0.717) is 39.0 Å². The molecule has 6 amide bonds. The van der Waals surface area contributed by atoms with Crippen molar-refractivity contribution in [2.24, 2.45) is 0 Å². The van der Waals surface area contributed by atoms with Gasteiger partial charge in [0.2, 0.25) is 44.2 Å². The number of amides is 6. The minimum Gasteiger partial charge on any atom is -0.478 e. The molecule has 87 heavy (non-hydrogen) atoms. The highest BCUT2D eigenvalue weighted by Crippen LogP contribution is 2.35. The lowest BCUT2D eigenvalue weighted by Gasteiger charge is -2.44. The number of benzene rings is 2. The first-order chi connectivity index (χ1) is 40.0. The highest BCUT2D eigenvalue weighted by Gasteiger charge is 2.43. The third-order valence-electron chi connectivity index (χ3n) is 10.4. The molecule has 0 saturated carbocycles. The Balaban J connectivity index is 0.000000349. The van der Waals surface area contributed by atoms with E-state index >= 15 is 0 Å². The van der Waals surface area contributed by atoms with Gasteiger partial charge in [-0.3, -0.25) is 30.0 Å². The second-order valence-corrected chi connectivity index (χ2v) is 25.4. The number of nitrogens with zero attached hydrogens (tertiary/aromatic N) is 10. The number of halogens is 12. The number of anilines is 4. The lowest BCUT2D eigenvalue weighted by Crippen LogP contribution is -2.63. The van der Waals surface area contributed by atoms with Crippen LogP contribution < -0.4 is 50.0 Å². The van der Waals surface area contributed by atoms with E-state index in [1.165, 1.54) is 82.2 Å². The highest BCUT2D eigenvalue weighted by molar-refractivity contribution is 7.90. The second-order valence-electron chi connectivity index (χ2n) is 17.4. The van der Waals surface area contributed by atoms with Crippen LogP contribution in [0.15, 0.2) is 46.2 Å². The van der Waals surface area contributed by atoms with Crippen molar-refractivity contribution in [3.05, 3.63) is 58.7 Å². The Bertz CT molecular complexity index is 3300. The van der Waals surface area contributed by atoms with Gasteiger partial charge in [0.25, 0.3) is 20.0 Å². The molecule has 0 bridgehead atoms. The Morgan fingerprint density at radius 1 is 0.621 bits per heavy atom. The van der Waals surface area contributed by atoms with Crippen LogP contribution in [0.1, 0.15) is 31.8 Å². The molecule has 0 aliphatic carbocycles. The average Bonchev–Trinajstić information content (AvgIpc) is 1.02. The van der Waals surface area contributed by atoms with E-state index in [1.54, 1.807) is 19.2 Å². The fourth-order valence-corrected chi connectivity index (χ4v) is 10.7. The zero-order valence-electron chi connectivity index (χ0n) is 45.6. The fourth-order valence-electron chi connectivity index (χ4n) is 6.88. The smallest absolute Gasteiger partial charge is 0.422 e. The molecule has 30 nitrogen and oxygen atoms in total. The number of carbonyl (C=O) groups excluding carboxylic acids is 5. The van der Waals surface area contributed by atoms with Crippen LogP contribution >= 0.6 is 69.6 Å². The van der Waals surface area contributed by atoms with Crippen molar-refractivity contribution in [1.82, 2.24) is 59.8 Å². The Kier molecular flexibility index (Phi) is 26.9. The Morgan fingerprint density at radius 2 is 0.966 bits per heavy atom. The summed E-state index contributed by atoms with van der Waals surface area (Å²) in [5.41, 5.74) is -0.668. The van der Waals surface area contributed by atoms with Crippen LogP contribution in [0, 0.1) is 13.8 Å². The number of carbonyl (C=O) groups is 6. The van der Waals surface area contributed by atoms with Crippen molar-refractivity contribution < 1.29 is 91.3 Å². The summed E-state index contributed by atoms with van der Waals surface area (Å²) in [5, 5.41) is 18.1. The van der Waals surface area contributed by atoms with Gasteiger partial charge in [0.1, 0.15) is 22.1 Å². The van der Waals surface area contributed by atoms with Gasteiger partial charge in [-0.1, -0.05) is 93.9 Å². The summed E-state index contributed by atoms with van der Waals surface area (Å²) in [5.74, 6) is -4.05. The number of carboxylic acid groups (broad SMARTS) is 1. The number of aromatic carboxylic acids is 1. The Hall–Kier alpha value is -6.78. The lowest BCUT2D eigenvalue weighted by molar-refractivity contribution is -0.155. The molecule has 1 aliphatic heterocycles. The van der Waals surface area contributed by atoms with Gasteiger partial charge in [-0.25, -0.2) is 45.5 Å². The van der Waals surface area contributed by atoms with Crippen molar-refractivity contribution >= 4 is 150 Å². The Labute approximate surface area is 520 Å². The topological polar surface area (TPSA) is 381 Å². The number of hydrogen-bond donors (Lipinski definition) is 7. The Morgan fingerprint density at radius 3 is 1.26 bits per heavy atom. The molecule has 482 valence electrons. The van der Waals surface area contributed by atoms with E-state index in [0.717, 1.165) is 13.2 Å². The normalized spacial score (nSPS) is 13.9. The monoisotopic (exact) mass is 1400 g/mol. The summed E-state index contributed by atoms with van der Waals surface area (Å²) < 4.78 is 139. The number of sulfonamides is 2. The average molecular weight is 1410 g/mol. The molecule has 1 fully saturated rings. The zero-order valence-corrected chi connectivity index (χ0v) is 51.8. The molecule has 7 N–H and O–H groups in total. The van der Waals surface area contributed by atoms with E-state index in [9.17, 15) is 77.1 Å². The molecule has 2 atom stereocenters. The SMILES string of the molecule is COC(=O)c1cccc(C)c1S(=O)(=O)NC(=O)Nc1nc(OCC(F)(F)F)nc(N(C)C)n1.Cc1cccc(C(=O)O)c1S(=O)(=O)NC(=O)Nc1nc(OCC(F)(F)F)nc(N(C)C)n1.O=CNC(N1CCN(C(NC=O)C(Cl)(Cl)Cl)CC1)C(Cl)(Cl)Cl. The van der Waals surface area contributed by atoms with Crippen LogP contribution in [0.3, 0.4) is 0 Å². The van der Waals surface area contributed by atoms with Crippen molar-refractivity contribution in [3.63, 3.8) is 0 Å². The third kappa shape index (κ3) is 23.7. The van der Waals surface area contributed by atoms with Gasteiger partial charge in [0, 0.05) is 54.4 Å². The molecule has 2 aromatic heterocycles. The molecule has 4 aromatic rings. The van der Waals surface area contributed by atoms with Crippen LogP contribution in [-0.4, -0.2) is 205 Å². The maximum atomic E-state index is 12.8. The van der Waals surface area contributed by atoms with Gasteiger partial charge in [-0.15, -0.1) is 0 Å². The number of carboxylic acids is 1. The molecule has 44 heteroatoms. The summed E-state index contributed by atoms with van der Waals surface area (Å²) >= 11 is 35.2. The molecule has 1 aliphatic rings. The zero-order chi connectivity index (χ0) is 66.2. The number of aromatic nitrogens is 6. The summed E-state index contributed by atoms with van der Waals surface area (Å²) in [6.45, 7) is 1.09. The number of rotatable bonds is 20. The minimum absolute atomic E-state index is 0.0584. The number of piperazine rings is 1. The van der Waals surface area contributed by atoms with E-state index in [2.05, 4.69) is 54.7 Å². The molecule has 0 spiro atoms. The number of ether oxygens (including phenoxy) is 3. The van der Waals surface area contributed by atoms with Crippen LogP contribution in [0.5, 0.6) is 12.0 Å². The van der Waals surface area contributed by atoms with E-state index in [4.69, 9.17) is 69.6 Å². The second kappa shape index (κ2) is 31.4. The lowest BCUT2D eigenvalue weighted by atomic mass is 10.1. The molecule has 0 radical (unpaired) electrons. The number of methoxy groups -OCH3 is 1. The number of hydrogen-bond acceptors (Lipinski definition) is 23. The van der Waals surface area contributed by atoms with Crippen molar-refractivity contribution in [1.29, 1.82) is 0 Å². The van der Waals surface area contributed by atoms with Gasteiger partial charge in [0.05, 0.1) is 18.2 Å². The maximum absolute atomic E-state index is 12.8. The van der Waals surface area contributed by atoms with Crippen LogP contribution in [0.2, 0.25) is 0 Å². The standard InChI is InChI=1S/C17H19F3N6O6S.C16H17F3N6O6S.C10H14Cl6N4O2/c1-9-6-5-7-10(12(27)31-4)11(9)33(29,30)25-15(28)22-13-21-14(26(2)3)24-16(23-13)32-8-17(18,19)20;1-8-5-4-6-9(11(26)27)10(8)32(29,30)24-14(28)21-12-20-13(25(2)3)23-15(22-12)31-7-16(17,18)19;11-9(12,13)7(17-5-21)19-1-2-20(4-3-19)8(18-6-22)10(14,15)16/h5-7H,8H2,1-4H3,(H2,21,22,23,24,25,28);4-6H,7H2,1-3H3,(H,26,27)(H2,20,21,22,23,24,28);5-8H,1-4H2,(H,17,21)(H,18,22). The third-order valence-corrected chi connectivity index (χ3v) is 14.7. The van der Waals surface area contributed by atoms with Crippen LogP contribution in [-0.2, 0) is 34.4 Å². The largest absolute Gasteiger partial charge is 0.478 e. The highest BCUT2D eigenvalue weighted by atomic mass is 35.6. The number of nitrogens with one attached hydrogen (secondary N) is 6. The van der Waals surface area contributed by atoms with Crippen molar-refractivity contribution in [2.45, 2.75) is 55.9 Å². The van der Waals surface area contributed by atoms with Crippen molar-refractivity contribution in [2.75, 3.05) is 95.1 Å². The number of esters is 1. The van der Waals surface area contributed by atoms with Gasteiger partial charge in [0.15, 0.2) is 13.2 Å². The summed E-state index contributed by atoms with van der Waals surface area (Å²) in [7, 11) is -2.37. The summed E-state index contributed by atoms with van der Waals surface area (Å²) in [4.78, 5) is 96.0. The first-order valence-corrected chi connectivity index (χ1v) is 28.7. The molecule has 1 saturated heterocycles. The molecule has 3 heterocycles. The van der Waals surface area contributed by atoms with Crippen molar-refractivity contribution in [3.8, 4) is 12.0 Å². The molecule has 5 rings (SSSR count). The predicted octanol–water partition coefficient (Wildman–Crippen LogP) is 4.37. The molecular formula is C43H50Cl6F6N16O14S2. The van der Waals surface area contributed by atoms with E-state index in [-0.39, 0.29) is 28.6 Å². The van der Waals surface area contributed by atoms with Gasteiger partial charge in [-0.05, 0) is 37.1 Å².